The van der Waals surface area contributed by atoms with Gasteiger partial charge in [-0.2, -0.15) is 14.0 Å². The minimum Gasteiger partial charge on any atom is -0.489 e. The van der Waals surface area contributed by atoms with E-state index in [-0.39, 0.29) is 0 Å². The van der Waals surface area contributed by atoms with Crippen LogP contribution in [0.5, 0.6) is 5.75 Å². The van der Waals surface area contributed by atoms with E-state index in [2.05, 4.69) is 38.4 Å². The van der Waals surface area contributed by atoms with Gasteiger partial charge in [0, 0.05) is 23.4 Å². The Kier molecular flexibility index (Phi) is 8.21. The van der Waals surface area contributed by atoms with Crippen molar-refractivity contribution in [2.45, 2.75) is 25.0 Å². The van der Waals surface area contributed by atoms with E-state index in [1.807, 2.05) is 12.1 Å². The van der Waals surface area contributed by atoms with E-state index in [9.17, 15) is 8.78 Å². The number of hydrogen-bond acceptors (Lipinski definition) is 6. The van der Waals surface area contributed by atoms with Crippen molar-refractivity contribution in [2.75, 3.05) is 0 Å². The second kappa shape index (κ2) is 12.3. The average molecular weight is 569 g/mol. The number of pyridine rings is 1. The van der Waals surface area contributed by atoms with Crippen molar-refractivity contribution in [2.24, 2.45) is 0 Å². The summed E-state index contributed by atoms with van der Waals surface area (Å²) in [4.78, 5) is 3.92. The summed E-state index contributed by atoms with van der Waals surface area (Å²) in [5.41, 5.74) is 1.55. The summed E-state index contributed by atoms with van der Waals surface area (Å²) in [5.74, 6) is -0.965. The number of nitrogens with zero attached hydrogens (tertiary/aromatic N) is 6. The maximum atomic E-state index is 15.7. The quantitative estimate of drug-likeness (QED) is 0.174. The Morgan fingerprint density at radius 3 is 2.24 bits per heavy atom. The molecule has 0 radical (unpaired) electrons. The molecule has 3 aromatic carbocycles. The lowest BCUT2D eigenvalue weighted by atomic mass is 9.89. The molecule has 0 N–H and O–H groups in total. The summed E-state index contributed by atoms with van der Waals surface area (Å²) < 4.78 is 66.3. The van der Waals surface area contributed by atoms with Crippen LogP contribution in [0.2, 0.25) is 0 Å². The summed E-state index contributed by atoms with van der Waals surface area (Å²) >= 11 is 0. The number of aromatic nitrogens is 5. The number of hydrogen-bond donors (Lipinski definition) is 0. The van der Waals surface area contributed by atoms with Crippen LogP contribution in [0.25, 0.3) is 0 Å². The highest BCUT2D eigenvalue weighted by Gasteiger charge is 2.45. The number of nitriles is 1. The van der Waals surface area contributed by atoms with Crippen LogP contribution in [0.15, 0.2) is 91.4 Å². The minimum absolute atomic E-state index is 0.337. The van der Waals surface area contributed by atoms with Crippen LogP contribution in [0.3, 0.4) is 0 Å². The lowest BCUT2D eigenvalue weighted by Crippen LogP contribution is -2.30. The first-order chi connectivity index (χ1) is 20.3. The number of tetrazole rings is 1. The van der Waals surface area contributed by atoms with Gasteiger partial charge in [0.25, 0.3) is 5.92 Å². The molecule has 0 saturated carbocycles. The molecule has 2 heterocycles. The van der Waals surface area contributed by atoms with Crippen molar-refractivity contribution in [3.8, 4) is 23.7 Å². The third-order valence-corrected chi connectivity index (χ3v) is 6.34. The van der Waals surface area contributed by atoms with Gasteiger partial charge in [-0.15, -0.1) is 5.10 Å². The van der Waals surface area contributed by atoms with Gasteiger partial charge >= 0.3 is 0 Å². The number of benzene rings is 3. The molecule has 7 nitrogen and oxygen atoms in total. The number of alkyl halides is 2. The first-order valence-electron chi connectivity index (χ1n) is 12.6. The van der Waals surface area contributed by atoms with Crippen molar-refractivity contribution in [1.29, 1.82) is 5.26 Å². The first kappa shape index (κ1) is 28.0. The van der Waals surface area contributed by atoms with Gasteiger partial charge in [-0.05, 0) is 76.2 Å². The smallest absolute Gasteiger partial charge is 0.298 e. The van der Waals surface area contributed by atoms with Gasteiger partial charge in [-0.25, -0.2) is 13.5 Å². The Morgan fingerprint density at radius 2 is 1.60 bits per heavy atom. The zero-order valence-corrected chi connectivity index (χ0v) is 21.8. The lowest BCUT2D eigenvalue weighted by Gasteiger charge is -2.27. The Labute approximate surface area is 238 Å². The van der Waals surface area contributed by atoms with Crippen LogP contribution in [-0.2, 0) is 19.1 Å². The zero-order valence-electron chi connectivity index (χ0n) is 21.8. The predicted molar refractivity (Wildman–Crippen MR) is 143 cm³/mol. The Morgan fingerprint density at radius 1 is 0.881 bits per heavy atom. The normalized spacial score (nSPS) is 11.7. The third-order valence-electron chi connectivity index (χ3n) is 6.34. The molecule has 0 aliphatic heterocycles. The molecular weight excluding hydrogens is 548 g/mol. The molecule has 11 heteroatoms. The molecule has 0 bridgehead atoms. The molecule has 0 saturated heterocycles. The summed E-state index contributed by atoms with van der Waals surface area (Å²) in [6.07, 6.45) is 2.34. The van der Waals surface area contributed by atoms with Gasteiger partial charge < -0.3 is 4.74 Å². The molecular formula is C31H20F4N6O. The molecule has 1 atom stereocenters. The molecule has 0 aliphatic rings. The second-order valence-corrected chi connectivity index (χ2v) is 9.18. The second-order valence-electron chi connectivity index (χ2n) is 9.18. The molecule has 42 heavy (non-hydrogen) atoms. The molecule has 0 amide bonds. The van der Waals surface area contributed by atoms with Gasteiger partial charge in [0.15, 0.2) is 0 Å². The highest BCUT2D eigenvalue weighted by molar-refractivity contribution is 5.44. The predicted octanol–water partition coefficient (Wildman–Crippen LogP) is 5.77. The zero-order chi connectivity index (χ0) is 29.5. The Bertz CT molecular complexity index is 1760. The molecule has 0 fully saturated rings. The average Bonchev–Trinajstić information content (AvgIpc) is 3.53. The SMILES string of the molecule is N#Cc1ccc(COc2ccc(C#Cc3ccc(C(F)(F)[C@H](Cn4cnnn4)c4ccc(F)cc4F)nc3)cc2)cc1. The van der Waals surface area contributed by atoms with E-state index >= 15 is 8.78 Å². The van der Waals surface area contributed by atoms with E-state index in [0.717, 1.165) is 34.8 Å². The highest BCUT2D eigenvalue weighted by Crippen LogP contribution is 2.43. The van der Waals surface area contributed by atoms with Crippen LogP contribution < -0.4 is 4.74 Å². The summed E-state index contributed by atoms with van der Waals surface area (Å²) in [6.45, 7) is -0.136. The van der Waals surface area contributed by atoms with Crippen molar-refractivity contribution < 1.29 is 22.3 Å². The van der Waals surface area contributed by atoms with Crippen LogP contribution in [-0.4, -0.2) is 25.2 Å². The van der Waals surface area contributed by atoms with Gasteiger partial charge in [0.05, 0.1) is 24.1 Å². The lowest BCUT2D eigenvalue weighted by molar-refractivity contribution is -0.0455. The largest absolute Gasteiger partial charge is 0.489 e. The fourth-order valence-electron chi connectivity index (χ4n) is 4.11. The summed E-state index contributed by atoms with van der Waals surface area (Å²) in [7, 11) is 0. The molecule has 0 aliphatic carbocycles. The highest BCUT2D eigenvalue weighted by atomic mass is 19.3. The molecule has 5 rings (SSSR count). The molecule has 5 aromatic rings. The minimum atomic E-state index is -3.66. The molecule has 208 valence electrons. The van der Waals surface area contributed by atoms with Gasteiger partial charge in [0.2, 0.25) is 0 Å². The number of rotatable bonds is 8. The van der Waals surface area contributed by atoms with Gasteiger partial charge in [-0.1, -0.05) is 30.0 Å². The van der Waals surface area contributed by atoms with Crippen LogP contribution in [0.4, 0.5) is 17.6 Å². The third kappa shape index (κ3) is 6.60. The van der Waals surface area contributed by atoms with Crippen LogP contribution in [0.1, 0.15) is 39.4 Å². The summed E-state index contributed by atoms with van der Waals surface area (Å²) in [5, 5.41) is 19.4. The first-order valence-corrected chi connectivity index (χ1v) is 12.6. The van der Waals surface area contributed by atoms with Gasteiger partial charge in [0.1, 0.15) is 36.0 Å². The van der Waals surface area contributed by atoms with E-state index < -0.39 is 41.3 Å². The van der Waals surface area contributed by atoms with E-state index in [1.165, 1.54) is 12.3 Å². The van der Waals surface area contributed by atoms with Crippen molar-refractivity contribution in [1.82, 2.24) is 25.2 Å². The van der Waals surface area contributed by atoms with Crippen LogP contribution in [0, 0.1) is 34.8 Å². The van der Waals surface area contributed by atoms with E-state index in [1.54, 1.807) is 36.4 Å². The van der Waals surface area contributed by atoms with Crippen LogP contribution >= 0.6 is 0 Å². The van der Waals surface area contributed by atoms with Crippen molar-refractivity contribution >= 4 is 0 Å². The number of ether oxygens (including phenoxy) is 1. The maximum Gasteiger partial charge on any atom is 0.298 e. The van der Waals surface area contributed by atoms with E-state index in [0.29, 0.717) is 35.1 Å². The topological polar surface area (TPSA) is 89.5 Å². The molecule has 0 spiro atoms. The monoisotopic (exact) mass is 568 g/mol. The number of halogens is 4. The summed E-state index contributed by atoms with van der Waals surface area (Å²) in [6, 6.07) is 21.2. The fraction of sp³-hybridized carbons (Fsp3) is 0.129. The molecule has 2 aromatic heterocycles. The van der Waals surface area contributed by atoms with Gasteiger partial charge in [-0.3, -0.25) is 4.98 Å². The fourth-order valence-corrected chi connectivity index (χ4v) is 4.11. The molecule has 0 unspecified atom stereocenters. The van der Waals surface area contributed by atoms with E-state index in [4.69, 9.17) is 10.00 Å². The Hall–Kier alpha value is -5.55. The van der Waals surface area contributed by atoms with Crippen molar-refractivity contribution in [3.05, 3.63) is 137 Å². The Balaban J connectivity index is 1.28. The standard InChI is InChI=1S/C31H20F4N6O/c32-25-10-13-27(29(33)15-25)28(18-41-20-38-39-40-41)31(34,35)30-14-9-23(17-37-30)4-1-21-7-11-26(12-8-21)42-19-24-5-2-22(16-36)3-6-24/h2-3,5-15,17,20,28H,18-19H2/t28-/m1/s1. The maximum absolute atomic E-state index is 15.7. The van der Waals surface area contributed by atoms with Crippen molar-refractivity contribution in [3.63, 3.8) is 0 Å².